The summed E-state index contributed by atoms with van der Waals surface area (Å²) in [5.74, 6) is -0.310. The maximum atomic E-state index is 14.5. The van der Waals surface area contributed by atoms with E-state index in [-0.39, 0.29) is 23.0 Å². The van der Waals surface area contributed by atoms with Gasteiger partial charge in [-0.1, -0.05) is 42.5 Å². The number of benzene rings is 3. The summed E-state index contributed by atoms with van der Waals surface area (Å²) in [5.41, 5.74) is 0.147. The Hall–Kier alpha value is -3.68. The molecule has 4 rings (SSSR count). The molecule has 3 aromatic carbocycles. The predicted molar refractivity (Wildman–Crippen MR) is 103 cm³/mol. The molecule has 1 aromatic heterocycles. The van der Waals surface area contributed by atoms with Crippen molar-refractivity contribution in [3.05, 3.63) is 102 Å². The molecule has 0 spiro atoms. The summed E-state index contributed by atoms with van der Waals surface area (Å²) in [6.07, 6.45) is -4.50. The lowest BCUT2D eigenvalue weighted by Crippen LogP contribution is -2.15. The Morgan fingerprint density at radius 1 is 0.833 bits per heavy atom. The third kappa shape index (κ3) is 4.17. The first-order chi connectivity index (χ1) is 14.4. The van der Waals surface area contributed by atoms with Gasteiger partial charge in [-0.15, -0.1) is 10.2 Å². The van der Waals surface area contributed by atoms with Crippen LogP contribution in [0.25, 0.3) is 11.5 Å². The lowest BCUT2D eigenvalue weighted by molar-refractivity contribution is -0.137. The summed E-state index contributed by atoms with van der Waals surface area (Å²) < 4.78 is 59.5. The Bertz CT molecular complexity index is 1140. The zero-order valence-corrected chi connectivity index (χ0v) is 15.4. The number of nitrogens with zero attached hydrogens (tertiary/aromatic N) is 2. The Balaban J connectivity index is 1.74. The number of halogens is 4. The summed E-state index contributed by atoms with van der Waals surface area (Å²) in [7, 11) is 0. The molecule has 1 atom stereocenters. The molecule has 0 amide bonds. The SMILES string of the molecule is Fc1ccccc1C(Nc1cccc(C(F)(F)F)c1)c1nnc(-c2ccccc2)o1. The van der Waals surface area contributed by atoms with E-state index < -0.39 is 23.6 Å². The van der Waals surface area contributed by atoms with Crippen molar-refractivity contribution in [2.24, 2.45) is 0 Å². The van der Waals surface area contributed by atoms with E-state index in [0.29, 0.717) is 5.56 Å². The van der Waals surface area contributed by atoms with Crippen molar-refractivity contribution in [2.75, 3.05) is 5.32 Å². The van der Waals surface area contributed by atoms with E-state index in [0.717, 1.165) is 12.1 Å². The highest BCUT2D eigenvalue weighted by atomic mass is 19.4. The van der Waals surface area contributed by atoms with Crippen molar-refractivity contribution in [3.63, 3.8) is 0 Å². The summed E-state index contributed by atoms with van der Waals surface area (Å²) in [5, 5.41) is 10.9. The first-order valence-corrected chi connectivity index (χ1v) is 8.99. The van der Waals surface area contributed by atoms with E-state index in [4.69, 9.17) is 4.42 Å². The average Bonchev–Trinajstić information content (AvgIpc) is 3.23. The van der Waals surface area contributed by atoms with Gasteiger partial charge in [0.05, 0.1) is 5.56 Å². The molecule has 1 N–H and O–H groups in total. The maximum absolute atomic E-state index is 14.5. The van der Waals surface area contributed by atoms with Crippen molar-refractivity contribution >= 4 is 5.69 Å². The molecular formula is C22H15F4N3O. The molecule has 30 heavy (non-hydrogen) atoms. The van der Waals surface area contributed by atoms with E-state index in [9.17, 15) is 17.6 Å². The van der Waals surface area contributed by atoms with Gasteiger partial charge in [-0.2, -0.15) is 13.2 Å². The number of nitrogens with one attached hydrogen (secondary N) is 1. The molecule has 0 aliphatic heterocycles. The highest BCUT2D eigenvalue weighted by Crippen LogP contribution is 2.33. The van der Waals surface area contributed by atoms with Crippen LogP contribution in [0.5, 0.6) is 0 Å². The van der Waals surface area contributed by atoms with Gasteiger partial charge in [0.1, 0.15) is 11.9 Å². The van der Waals surface area contributed by atoms with Crippen molar-refractivity contribution < 1.29 is 22.0 Å². The predicted octanol–water partition coefficient (Wildman–Crippen LogP) is 6.10. The topological polar surface area (TPSA) is 51.0 Å². The first-order valence-electron chi connectivity index (χ1n) is 8.99. The molecule has 0 saturated carbocycles. The van der Waals surface area contributed by atoms with Crippen LogP contribution in [0.4, 0.5) is 23.2 Å². The smallest absolute Gasteiger partial charge is 0.416 e. The summed E-state index contributed by atoms with van der Waals surface area (Å²) in [6, 6.07) is 18.5. The zero-order valence-electron chi connectivity index (χ0n) is 15.4. The Kier molecular flexibility index (Phi) is 5.22. The number of anilines is 1. The van der Waals surface area contributed by atoms with E-state index in [1.807, 2.05) is 6.07 Å². The molecule has 152 valence electrons. The number of rotatable bonds is 5. The van der Waals surface area contributed by atoms with Gasteiger partial charge in [-0.05, 0) is 36.4 Å². The normalized spacial score (nSPS) is 12.5. The van der Waals surface area contributed by atoms with E-state index in [2.05, 4.69) is 15.5 Å². The van der Waals surface area contributed by atoms with Crippen molar-refractivity contribution in [1.29, 1.82) is 0 Å². The first kappa shape index (κ1) is 19.6. The minimum Gasteiger partial charge on any atom is -0.418 e. The lowest BCUT2D eigenvalue weighted by Gasteiger charge is -2.18. The molecule has 0 fully saturated rings. The fourth-order valence-electron chi connectivity index (χ4n) is 2.98. The van der Waals surface area contributed by atoms with Gasteiger partial charge in [-0.3, -0.25) is 0 Å². The van der Waals surface area contributed by atoms with E-state index >= 15 is 0 Å². The van der Waals surface area contributed by atoms with Gasteiger partial charge in [0.15, 0.2) is 0 Å². The van der Waals surface area contributed by atoms with Crippen LogP contribution >= 0.6 is 0 Å². The largest absolute Gasteiger partial charge is 0.418 e. The van der Waals surface area contributed by atoms with Gasteiger partial charge in [0.25, 0.3) is 0 Å². The molecule has 0 bridgehead atoms. The van der Waals surface area contributed by atoms with Gasteiger partial charge >= 0.3 is 6.18 Å². The van der Waals surface area contributed by atoms with Gasteiger partial charge in [-0.25, -0.2) is 4.39 Å². The van der Waals surface area contributed by atoms with Gasteiger partial charge < -0.3 is 9.73 Å². The van der Waals surface area contributed by atoms with Crippen molar-refractivity contribution in [2.45, 2.75) is 12.2 Å². The molecule has 1 heterocycles. The Labute approximate surface area is 169 Å². The molecule has 1 unspecified atom stereocenters. The molecule has 0 aliphatic carbocycles. The highest BCUT2D eigenvalue weighted by molar-refractivity contribution is 5.53. The molecule has 0 saturated heterocycles. The minimum absolute atomic E-state index is 0.0244. The lowest BCUT2D eigenvalue weighted by atomic mass is 10.1. The molecule has 0 aliphatic rings. The molecule has 0 radical (unpaired) electrons. The van der Waals surface area contributed by atoms with Crippen LogP contribution in [-0.4, -0.2) is 10.2 Å². The van der Waals surface area contributed by atoms with Crippen LogP contribution < -0.4 is 5.32 Å². The second kappa shape index (κ2) is 7.98. The standard InChI is InChI=1S/C22H15F4N3O/c23-18-12-5-4-11-17(18)19(27-16-10-6-9-15(13-16)22(24,25)26)21-29-28-20(30-21)14-7-2-1-3-8-14/h1-13,19,27H. The van der Waals surface area contributed by atoms with Crippen LogP contribution in [0.2, 0.25) is 0 Å². The van der Waals surface area contributed by atoms with Crippen LogP contribution in [0, 0.1) is 5.82 Å². The number of alkyl halides is 3. The second-order valence-electron chi connectivity index (χ2n) is 6.49. The van der Waals surface area contributed by atoms with Crippen LogP contribution in [0.15, 0.2) is 83.3 Å². The number of hydrogen-bond donors (Lipinski definition) is 1. The van der Waals surface area contributed by atoms with Gasteiger partial charge in [0.2, 0.25) is 11.8 Å². The van der Waals surface area contributed by atoms with E-state index in [1.165, 1.54) is 30.3 Å². The monoisotopic (exact) mass is 413 g/mol. The Morgan fingerprint density at radius 2 is 1.57 bits per heavy atom. The van der Waals surface area contributed by atoms with Crippen LogP contribution in [-0.2, 0) is 6.18 Å². The summed E-state index contributed by atoms with van der Waals surface area (Å²) in [6.45, 7) is 0. The fraction of sp³-hybridized carbons (Fsp3) is 0.0909. The minimum atomic E-state index is -4.50. The second-order valence-corrected chi connectivity index (χ2v) is 6.49. The fourth-order valence-corrected chi connectivity index (χ4v) is 2.98. The quantitative estimate of drug-likeness (QED) is 0.402. The summed E-state index contributed by atoms with van der Waals surface area (Å²) in [4.78, 5) is 0. The van der Waals surface area contributed by atoms with Crippen LogP contribution in [0.3, 0.4) is 0 Å². The number of aromatic nitrogens is 2. The number of hydrogen-bond acceptors (Lipinski definition) is 4. The van der Waals surface area contributed by atoms with Crippen molar-refractivity contribution in [1.82, 2.24) is 10.2 Å². The molecular weight excluding hydrogens is 398 g/mol. The maximum Gasteiger partial charge on any atom is 0.416 e. The molecule has 8 heteroatoms. The molecule has 4 aromatic rings. The Morgan fingerprint density at radius 3 is 2.30 bits per heavy atom. The zero-order chi connectivity index (χ0) is 21.1. The summed E-state index contributed by atoms with van der Waals surface area (Å²) >= 11 is 0. The third-order valence-electron chi connectivity index (χ3n) is 4.43. The van der Waals surface area contributed by atoms with Crippen molar-refractivity contribution in [3.8, 4) is 11.5 Å². The average molecular weight is 413 g/mol. The van der Waals surface area contributed by atoms with Gasteiger partial charge in [0, 0.05) is 16.8 Å². The van der Waals surface area contributed by atoms with Crippen LogP contribution in [0.1, 0.15) is 23.1 Å². The highest BCUT2D eigenvalue weighted by Gasteiger charge is 2.31. The van der Waals surface area contributed by atoms with E-state index in [1.54, 1.807) is 30.3 Å². The third-order valence-corrected chi connectivity index (χ3v) is 4.43. The molecule has 4 nitrogen and oxygen atoms in total.